The summed E-state index contributed by atoms with van der Waals surface area (Å²) in [6.07, 6.45) is 1.39. The second-order valence-electron chi connectivity index (χ2n) is 10.5. The van der Waals surface area contributed by atoms with Crippen LogP contribution >= 0.6 is 0 Å². The normalized spacial score (nSPS) is 17.6. The molecule has 2 aromatic heterocycles. The number of rotatable bonds is 6. The molecule has 2 aliphatic rings. The zero-order valence-corrected chi connectivity index (χ0v) is 22.0. The van der Waals surface area contributed by atoms with Gasteiger partial charge in [-0.2, -0.15) is 5.10 Å². The monoisotopic (exact) mass is 548 g/mol. The van der Waals surface area contributed by atoms with Crippen molar-refractivity contribution in [1.29, 1.82) is 0 Å². The fraction of sp³-hybridized carbons (Fsp3) is 0.321. The molecule has 10 nitrogen and oxygen atoms in total. The molecule has 0 radical (unpaired) electrons. The second-order valence-corrected chi connectivity index (χ2v) is 10.5. The van der Waals surface area contributed by atoms with Crippen LogP contribution in [0.5, 0.6) is 5.75 Å². The van der Waals surface area contributed by atoms with Gasteiger partial charge in [0.25, 0.3) is 5.91 Å². The molecule has 12 heteroatoms. The number of H-pyrrole nitrogens is 1. The Morgan fingerprint density at radius 1 is 1.05 bits per heavy atom. The minimum atomic E-state index is -1.17. The Bertz CT molecular complexity index is 1610. The largest absolute Gasteiger partial charge is 0.493 e. The first-order chi connectivity index (χ1) is 19.2. The quantitative estimate of drug-likeness (QED) is 0.326. The minimum absolute atomic E-state index is 0.0737. The molecule has 6 rings (SSSR count). The van der Waals surface area contributed by atoms with E-state index in [2.05, 4.69) is 35.8 Å². The van der Waals surface area contributed by atoms with E-state index in [1.807, 2.05) is 26.0 Å². The highest BCUT2D eigenvalue weighted by molar-refractivity contribution is 6.01. The fourth-order valence-electron chi connectivity index (χ4n) is 5.57. The molecule has 1 aliphatic heterocycles. The molecule has 2 aromatic carbocycles. The summed E-state index contributed by atoms with van der Waals surface area (Å²) in [5.74, 6) is -3.87. The number of aromatic nitrogens is 4. The molecule has 206 valence electrons. The van der Waals surface area contributed by atoms with Crippen molar-refractivity contribution in [3.63, 3.8) is 0 Å². The molecule has 2 atom stereocenters. The highest BCUT2D eigenvalue weighted by Gasteiger charge is 2.58. The Labute approximate surface area is 227 Å². The highest BCUT2D eigenvalue weighted by atomic mass is 19.2. The Kier molecular flexibility index (Phi) is 6.12. The van der Waals surface area contributed by atoms with Gasteiger partial charge in [-0.3, -0.25) is 14.7 Å². The first kappa shape index (κ1) is 25.7. The lowest BCUT2D eigenvalue weighted by atomic mass is 9.75. The summed E-state index contributed by atoms with van der Waals surface area (Å²) in [5.41, 5.74) is 4.14. The van der Waals surface area contributed by atoms with Crippen molar-refractivity contribution in [2.24, 2.45) is 5.41 Å². The van der Waals surface area contributed by atoms with Crippen molar-refractivity contribution in [2.75, 3.05) is 11.9 Å². The number of anilines is 1. The molecule has 1 fully saturated rings. The van der Waals surface area contributed by atoms with Crippen LogP contribution < -0.4 is 15.4 Å². The number of hydrogen-bond acceptors (Lipinski definition) is 7. The Balaban J connectivity index is 1.35. The van der Waals surface area contributed by atoms with E-state index < -0.39 is 40.8 Å². The summed E-state index contributed by atoms with van der Waals surface area (Å²) >= 11 is 0. The Morgan fingerprint density at radius 3 is 2.40 bits per heavy atom. The number of aryl methyl sites for hydroxylation is 3. The average molecular weight is 549 g/mol. The number of carbonyl (C=O) groups excluding carboxylic acids is 2. The lowest BCUT2D eigenvalue weighted by molar-refractivity contribution is -0.119. The smallest absolute Gasteiger partial charge is 0.276 e. The first-order valence-electron chi connectivity index (χ1n) is 12.8. The van der Waals surface area contributed by atoms with Crippen molar-refractivity contribution in [1.82, 2.24) is 25.8 Å². The molecule has 0 saturated heterocycles. The number of carbonyl (C=O) groups is 2. The summed E-state index contributed by atoms with van der Waals surface area (Å²) < 4.78 is 39.0. The first-order valence-corrected chi connectivity index (χ1v) is 12.8. The molecule has 0 bridgehead atoms. The number of nitrogens with zero attached hydrogens (tertiary/aromatic N) is 3. The van der Waals surface area contributed by atoms with Crippen LogP contribution in [0.2, 0.25) is 0 Å². The molecule has 1 spiro atoms. The molecule has 3 heterocycles. The molecule has 4 aromatic rings. The molecule has 1 unspecified atom stereocenters. The van der Waals surface area contributed by atoms with Gasteiger partial charge in [0.05, 0.1) is 12.3 Å². The van der Waals surface area contributed by atoms with Gasteiger partial charge < -0.3 is 15.4 Å². The van der Waals surface area contributed by atoms with E-state index in [0.29, 0.717) is 24.1 Å². The molecule has 40 heavy (non-hydrogen) atoms. The van der Waals surface area contributed by atoms with Crippen LogP contribution in [-0.2, 0) is 4.79 Å². The van der Waals surface area contributed by atoms with Crippen LogP contribution in [0, 0.1) is 37.8 Å². The number of benzene rings is 2. The highest BCUT2D eigenvalue weighted by Crippen LogP contribution is 2.61. The molecular weight excluding hydrogens is 522 g/mol. The van der Waals surface area contributed by atoms with Crippen LogP contribution in [-0.4, -0.2) is 45.0 Å². The van der Waals surface area contributed by atoms with Gasteiger partial charge in [0.2, 0.25) is 5.91 Å². The predicted molar refractivity (Wildman–Crippen MR) is 139 cm³/mol. The van der Waals surface area contributed by atoms with Crippen molar-refractivity contribution >= 4 is 17.5 Å². The van der Waals surface area contributed by atoms with Crippen LogP contribution in [0.3, 0.4) is 0 Å². The molecule has 3 N–H and O–H groups in total. The SMILES string of the molecule is Cc1nonc1C(=O)N[C@H](C(=O)Nc1ccc(-c2c(C)n[nH]c2C)cc1)C1c2cc(F)c(F)cc2OCC12CC2. The van der Waals surface area contributed by atoms with Crippen molar-refractivity contribution in [3.8, 4) is 16.9 Å². The Hall–Kier alpha value is -4.61. The minimum Gasteiger partial charge on any atom is -0.493 e. The summed E-state index contributed by atoms with van der Waals surface area (Å²) in [7, 11) is 0. The van der Waals surface area contributed by atoms with E-state index in [9.17, 15) is 18.4 Å². The van der Waals surface area contributed by atoms with Crippen LogP contribution in [0.4, 0.5) is 14.5 Å². The van der Waals surface area contributed by atoms with Gasteiger partial charge in [-0.15, -0.1) is 0 Å². The zero-order valence-electron chi connectivity index (χ0n) is 22.0. The summed E-state index contributed by atoms with van der Waals surface area (Å²) in [6.45, 7) is 5.59. The lowest BCUT2D eigenvalue weighted by Crippen LogP contribution is -2.52. The van der Waals surface area contributed by atoms with E-state index >= 15 is 0 Å². The second kappa shape index (κ2) is 9.54. The van der Waals surface area contributed by atoms with Crippen molar-refractivity contribution in [2.45, 2.75) is 45.6 Å². The molecular formula is C28H26F2N6O4. The standard InChI is InChI=1S/C28H26F2N6O4/c1-13-22(14(2)34-33-13)16-4-6-17(7-5-16)31-27(38)25(32-26(37)24-15(3)35-40-36-24)23-18-10-19(29)20(30)11-21(18)39-12-28(23)8-9-28/h4-7,10-11,23,25H,8-9,12H2,1-3H3,(H,31,38)(H,32,37)(H,33,34)/t23?,25-/m0/s1. The third-order valence-electron chi connectivity index (χ3n) is 7.79. The van der Waals surface area contributed by atoms with Crippen LogP contribution in [0.15, 0.2) is 41.0 Å². The number of hydrogen-bond donors (Lipinski definition) is 3. The van der Waals surface area contributed by atoms with E-state index in [0.717, 1.165) is 34.6 Å². The lowest BCUT2D eigenvalue weighted by Gasteiger charge is -2.38. The number of halogens is 2. The van der Waals surface area contributed by atoms with Gasteiger partial charge in [0, 0.05) is 39.9 Å². The topological polar surface area (TPSA) is 135 Å². The average Bonchev–Trinajstić information content (AvgIpc) is 3.43. The van der Waals surface area contributed by atoms with E-state index in [-0.39, 0.29) is 23.7 Å². The number of fused-ring (bicyclic) bond motifs is 1. The van der Waals surface area contributed by atoms with Gasteiger partial charge >= 0.3 is 0 Å². The Morgan fingerprint density at radius 2 is 1.77 bits per heavy atom. The summed E-state index contributed by atoms with van der Waals surface area (Å²) in [4.78, 5) is 27.1. The maximum atomic E-state index is 14.5. The fourth-order valence-corrected chi connectivity index (χ4v) is 5.57. The summed E-state index contributed by atoms with van der Waals surface area (Å²) in [6, 6.07) is 8.09. The van der Waals surface area contributed by atoms with Crippen LogP contribution in [0.1, 0.15) is 51.9 Å². The number of ether oxygens (including phenoxy) is 1. The molecule has 1 saturated carbocycles. The maximum Gasteiger partial charge on any atom is 0.276 e. The van der Waals surface area contributed by atoms with E-state index in [4.69, 9.17) is 4.74 Å². The number of aromatic amines is 1. The van der Waals surface area contributed by atoms with E-state index in [1.165, 1.54) is 0 Å². The molecule has 1 aliphatic carbocycles. The van der Waals surface area contributed by atoms with Gasteiger partial charge in [-0.1, -0.05) is 17.3 Å². The molecule has 2 amide bonds. The summed E-state index contributed by atoms with van der Waals surface area (Å²) in [5, 5.41) is 20.1. The van der Waals surface area contributed by atoms with Gasteiger partial charge in [-0.05, 0) is 62.5 Å². The number of amides is 2. The zero-order chi connectivity index (χ0) is 28.2. The van der Waals surface area contributed by atoms with Gasteiger partial charge in [-0.25, -0.2) is 13.4 Å². The van der Waals surface area contributed by atoms with Crippen molar-refractivity contribution < 1.29 is 27.7 Å². The van der Waals surface area contributed by atoms with E-state index in [1.54, 1.807) is 19.1 Å². The predicted octanol–water partition coefficient (Wildman–Crippen LogP) is 4.36. The van der Waals surface area contributed by atoms with Crippen LogP contribution in [0.25, 0.3) is 11.1 Å². The maximum absolute atomic E-state index is 14.5. The third-order valence-corrected chi connectivity index (χ3v) is 7.79. The van der Waals surface area contributed by atoms with Crippen molar-refractivity contribution in [3.05, 3.63) is 76.4 Å². The van der Waals surface area contributed by atoms with Gasteiger partial charge in [0.15, 0.2) is 17.3 Å². The van der Waals surface area contributed by atoms with Gasteiger partial charge in [0.1, 0.15) is 17.5 Å². The number of nitrogens with one attached hydrogen (secondary N) is 3. The third kappa shape index (κ3) is 4.38.